The molecule has 96 valence electrons. The van der Waals surface area contributed by atoms with E-state index in [2.05, 4.69) is 44.2 Å². The van der Waals surface area contributed by atoms with Gasteiger partial charge in [0.05, 0.1) is 5.39 Å². The van der Waals surface area contributed by atoms with E-state index in [1.165, 1.54) is 5.56 Å². The molecule has 0 aliphatic rings. The molecule has 1 N–H and O–H groups in total. The molecule has 0 aliphatic heterocycles. The maximum absolute atomic E-state index is 4.32. The smallest absolute Gasteiger partial charge is 0.145 e. The van der Waals surface area contributed by atoms with Crippen LogP contribution < -0.4 is 5.32 Å². The molecule has 0 saturated carbocycles. The number of nitrogens with zero attached hydrogens (tertiary/aromatic N) is 3. The van der Waals surface area contributed by atoms with Crippen molar-refractivity contribution in [1.29, 1.82) is 0 Å². The van der Waals surface area contributed by atoms with Gasteiger partial charge < -0.3 is 9.88 Å². The highest BCUT2D eigenvalue weighted by Crippen LogP contribution is 2.26. The molecule has 0 spiro atoms. The number of benzene rings is 1. The van der Waals surface area contributed by atoms with Crippen molar-refractivity contribution < 1.29 is 0 Å². The van der Waals surface area contributed by atoms with Gasteiger partial charge in [0.2, 0.25) is 0 Å². The van der Waals surface area contributed by atoms with Gasteiger partial charge in [-0.1, -0.05) is 22.0 Å². The predicted molar refractivity (Wildman–Crippen MR) is 80.7 cm³/mol. The predicted octanol–water partition coefficient (Wildman–Crippen LogP) is 3.78. The summed E-state index contributed by atoms with van der Waals surface area (Å²) in [6.45, 7) is 2.06. The number of aromatic nitrogens is 3. The van der Waals surface area contributed by atoms with E-state index in [1.54, 1.807) is 6.33 Å². The van der Waals surface area contributed by atoms with Crippen LogP contribution in [0.4, 0.5) is 11.5 Å². The Hall–Kier alpha value is -1.88. The first-order valence-corrected chi connectivity index (χ1v) is 6.73. The molecule has 0 aliphatic carbocycles. The molecule has 5 heteroatoms. The van der Waals surface area contributed by atoms with Crippen molar-refractivity contribution in [1.82, 2.24) is 14.5 Å². The number of fused-ring (bicyclic) bond motifs is 1. The Balaban J connectivity index is 2.03. The van der Waals surface area contributed by atoms with Gasteiger partial charge in [0.15, 0.2) is 0 Å². The summed E-state index contributed by atoms with van der Waals surface area (Å²) in [6, 6.07) is 8.17. The third-order valence-corrected chi connectivity index (χ3v) is 3.95. The Bertz CT molecular complexity index is 748. The normalized spacial score (nSPS) is 10.9. The van der Waals surface area contributed by atoms with E-state index in [0.717, 1.165) is 27.0 Å². The van der Waals surface area contributed by atoms with Crippen molar-refractivity contribution in [2.45, 2.75) is 6.92 Å². The van der Waals surface area contributed by atoms with Gasteiger partial charge in [-0.05, 0) is 30.7 Å². The molecule has 0 saturated heterocycles. The summed E-state index contributed by atoms with van der Waals surface area (Å²) < 4.78 is 3.06. The summed E-state index contributed by atoms with van der Waals surface area (Å²) in [6.07, 6.45) is 3.56. The van der Waals surface area contributed by atoms with E-state index < -0.39 is 0 Å². The average Bonchev–Trinajstić information content (AvgIpc) is 2.77. The van der Waals surface area contributed by atoms with Gasteiger partial charge in [0, 0.05) is 23.4 Å². The topological polar surface area (TPSA) is 42.7 Å². The van der Waals surface area contributed by atoms with Crippen LogP contribution in [0.5, 0.6) is 0 Å². The first-order chi connectivity index (χ1) is 9.15. The molecule has 3 rings (SSSR count). The van der Waals surface area contributed by atoms with Crippen LogP contribution in [0.3, 0.4) is 0 Å². The maximum atomic E-state index is 4.32. The van der Waals surface area contributed by atoms with Crippen molar-refractivity contribution in [3.8, 4) is 0 Å². The molecule has 2 aromatic heterocycles. The van der Waals surface area contributed by atoms with Crippen molar-refractivity contribution in [3.05, 3.63) is 46.8 Å². The second-order valence-corrected chi connectivity index (χ2v) is 5.33. The minimum atomic E-state index is 0.821. The summed E-state index contributed by atoms with van der Waals surface area (Å²) >= 11 is 3.54. The van der Waals surface area contributed by atoms with E-state index in [4.69, 9.17) is 0 Å². The second-order valence-electron chi connectivity index (χ2n) is 4.48. The zero-order valence-electron chi connectivity index (χ0n) is 10.7. The maximum Gasteiger partial charge on any atom is 0.145 e. The summed E-state index contributed by atoms with van der Waals surface area (Å²) in [5, 5.41) is 4.35. The van der Waals surface area contributed by atoms with Crippen molar-refractivity contribution in [2.24, 2.45) is 7.05 Å². The van der Waals surface area contributed by atoms with Gasteiger partial charge in [-0.3, -0.25) is 0 Å². The number of hydrogen-bond acceptors (Lipinski definition) is 3. The molecule has 0 bridgehead atoms. The van der Waals surface area contributed by atoms with Crippen LogP contribution >= 0.6 is 15.9 Å². The molecule has 2 heterocycles. The number of halogens is 1. The Labute approximate surface area is 119 Å². The monoisotopic (exact) mass is 316 g/mol. The van der Waals surface area contributed by atoms with Crippen LogP contribution in [0.25, 0.3) is 11.0 Å². The standard InChI is InChI=1S/C14H13BrN4/c1-9-3-4-10(7-12(9)15)18-13-11-5-6-19(2)14(11)17-8-16-13/h3-8H,1-2H3,(H,16,17,18). The van der Waals surface area contributed by atoms with Gasteiger partial charge >= 0.3 is 0 Å². The highest BCUT2D eigenvalue weighted by molar-refractivity contribution is 9.10. The fourth-order valence-corrected chi connectivity index (χ4v) is 2.36. The van der Waals surface area contributed by atoms with Crippen LogP contribution in [-0.4, -0.2) is 14.5 Å². The summed E-state index contributed by atoms with van der Waals surface area (Å²) in [4.78, 5) is 8.59. The lowest BCUT2D eigenvalue weighted by Crippen LogP contribution is -1.96. The minimum absolute atomic E-state index is 0.821. The largest absolute Gasteiger partial charge is 0.340 e. The second kappa shape index (κ2) is 4.66. The van der Waals surface area contributed by atoms with Crippen LogP contribution in [0, 0.1) is 6.92 Å². The van der Waals surface area contributed by atoms with Gasteiger partial charge in [-0.15, -0.1) is 0 Å². The Morgan fingerprint density at radius 2 is 2.05 bits per heavy atom. The van der Waals surface area contributed by atoms with E-state index in [9.17, 15) is 0 Å². The fraction of sp³-hybridized carbons (Fsp3) is 0.143. The van der Waals surface area contributed by atoms with Crippen LogP contribution in [0.15, 0.2) is 41.3 Å². The van der Waals surface area contributed by atoms with Crippen LogP contribution in [-0.2, 0) is 7.05 Å². The Morgan fingerprint density at radius 1 is 1.21 bits per heavy atom. The number of rotatable bonds is 2. The van der Waals surface area contributed by atoms with Gasteiger partial charge in [0.25, 0.3) is 0 Å². The SMILES string of the molecule is Cc1ccc(Nc2ncnc3c2ccn3C)cc1Br. The number of aryl methyl sites for hydroxylation is 2. The number of hydrogen-bond donors (Lipinski definition) is 1. The molecule has 1 aromatic carbocycles. The number of nitrogens with one attached hydrogen (secondary N) is 1. The molecule has 0 radical (unpaired) electrons. The molecule has 0 atom stereocenters. The summed E-state index contributed by atoms with van der Waals surface area (Å²) in [5.41, 5.74) is 3.13. The summed E-state index contributed by atoms with van der Waals surface area (Å²) in [5.74, 6) is 0.821. The van der Waals surface area contributed by atoms with Crippen LogP contribution in [0.1, 0.15) is 5.56 Å². The van der Waals surface area contributed by atoms with Crippen molar-refractivity contribution >= 4 is 38.5 Å². The van der Waals surface area contributed by atoms with Crippen molar-refractivity contribution in [2.75, 3.05) is 5.32 Å². The molecular weight excluding hydrogens is 304 g/mol. The van der Waals surface area contributed by atoms with Gasteiger partial charge in [-0.2, -0.15) is 0 Å². The van der Waals surface area contributed by atoms with Crippen molar-refractivity contribution in [3.63, 3.8) is 0 Å². The first-order valence-electron chi connectivity index (χ1n) is 5.94. The quantitative estimate of drug-likeness (QED) is 0.782. The molecular formula is C14H13BrN4. The van der Waals surface area contributed by atoms with E-state index in [-0.39, 0.29) is 0 Å². The molecule has 19 heavy (non-hydrogen) atoms. The number of anilines is 2. The lowest BCUT2D eigenvalue weighted by Gasteiger charge is -2.08. The fourth-order valence-electron chi connectivity index (χ4n) is 1.98. The molecule has 4 nitrogen and oxygen atoms in total. The molecule has 0 unspecified atom stereocenters. The minimum Gasteiger partial charge on any atom is -0.340 e. The van der Waals surface area contributed by atoms with E-state index in [0.29, 0.717) is 0 Å². The van der Waals surface area contributed by atoms with E-state index in [1.807, 2.05) is 36.0 Å². The lowest BCUT2D eigenvalue weighted by molar-refractivity contribution is 0.944. The highest BCUT2D eigenvalue weighted by atomic mass is 79.9. The Morgan fingerprint density at radius 3 is 2.84 bits per heavy atom. The summed E-state index contributed by atoms with van der Waals surface area (Å²) in [7, 11) is 1.97. The third kappa shape index (κ3) is 2.21. The Kier molecular flexibility index (Phi) is 2.98. The first kappa shape index (κ1) is 12.2. The highest BCUT2D eigenvalue weighted by Gasteiger charge is 2.07. The molecule has 0 amide bonds. The van der Waals surface area contributed by atoms with Gasteiger partial charge in [-0.25, -0.2) is 9.97 Å². The van der Waals surface area contributed by atoms with Gasteiger partial charge in [0.1, 0.15) is 17.8 Å². The average molecular weight is 317 g/mol. The molecule has 0 fully saturated rings. The molecule has 3 aromatic rings. The van der Waals surface area contributed by atoms with E-state index >= 15 is 0 Å². The zero-order chi connectivity index (χ0) is 13.4. The van der Waals surface area contributed by atoms with Crippen LogP contribution in [0.2, 0.25) is 0 Å². The lowest BCUT2D eigenvalue weighted by atomic mass is 10.2. The third-order valence-electron chi connectivity index (χ3n) is 3.10. The zero-order valence-corrected chi connectivity index (χ0v) is 12.3.